The van der Waals surface area contributed by atoms with Crippen LogP contribution in [0.3, 0.4) is 0 Å². The lowest BCUT2D eigenvalue weighted by molar-refractivity contribution is 0.0340. The Morgan fingerprint density at radius 3 is 2.40 bits per heavy atom. The van der Waals surface area contributed by atoms with Gasteiger partial charge in [-0.1, -0.05) is 0 Å². The number of methoxy groups -OCH3 is 1. The van der Waals surface area contributed by atoms with Crippen LogP contribution in [-0.2, 0) is 0 Å². The smallest absolute Gasteiger partial charge is 0.272 e. The van der Waals surface area contributed by atoms with Crippen molar-refractivity contribution < 1.29 is 9.53 Å². The maximum absolute atomic E-state index is 12.7. The second-order valence-electron chi connectivity index (χ2n) is 7.45. The standard InChI is InChI=1S/C18H27N5O2/c1-21-13-3-4-14(21)10-15(9-13)22-5-7-23(8-6-22)18(24)16-11-17(25-2)20-12-19-16/h11-15H,3-10H2,1-2H3. The number of piperidine rings is 1. The number of hydrogen-bond donors (Lipinski definition) is 0. The van der Waals surface area contributed by atoms with Crippen molar-refractivity contribution in [2.24, 2.45) is 0 Å². The number of fused-ring (bicyclic) bond motifs is 2. The van der Waals surface area contributed by atoms with Crippen molar-refractivity contribution in [2.75, 3.05) is 40.3 Å². The van der Waals surface area contributed by atoms with E-state index in [1.165, 1.54) is 32.0 Å². The van der Waals surface area contributed by atoms with E-state index in [2.05, 4.69) is 26.8 Å². The zero-order valence-electron chi connectivity index (χ0n) is 15.1. The Bertz CT molecular complexity index is 618. The average Bonchev–Trinajstić information content (AvgIpc) is 2.87. The van der Waals surface area contributed by atoms with Crippen LogP contribution in [-0.4, -0.2) is 89.0 Å². The molecule has 3 fully saturated rings. The molecule has 3 saturated heterocycles. The van der Waals surface area contributed by atoms with Crippen LogP contribution in [0.4, 0.5) is 0 Å². The molecule has 3 aliphatic rings. The summed E-state index contributed by atoms with van der Waals surface area (Å²) in [5, 5.41) is 0. The van der Waals surface area contributed by atoms with Crippen LogP contribution in [0.25, 0.3) is 0 Å². The predicted octanol–water partition coefficient (Wildman–Crippen LogP) is 0.868. The molecule has 0 radical (unpaired) electrons. The molecular formula is C18H27N5O2. The number of carbonyl (C=O) groups is 1. The number of nitrogens with zero attached hydrogens (tertiary/aromatic N) is 5. The first-order chi connectivity index (χ1) is 12.2. The molecule has 4 heterocycles. The number of rotatable bonds is 3. The molecule has 4 rings (SSSR count). The van der Waals surface area contributed by atoms with E-state index in [1.807, 2.05) is 4.90 Å². The fourth-order valence-electron chi connectivity index (χ4n) is 4.70. The molecule has 2 atom stereocenters. The highest BCUT2D eigenvalue weighted by molar-refractivity contribution is 5.92. The number of hydrogen-bond acceptors (Lipinski definition) is 6. The molecule has 1 aromatic rings. The second kappa shape index (κ2) is 6.88. The minimum Gasteiger partial charge on any atom is -0.481 e. The third-order valence-electron chi connectivity index (χ3n) is 6.26. The summed E-state index contributed by atoms with van der Waals surface area (Å²) in [7, 11) is 3.83. The van der Waals surface area contributed by atoms with Gasteiger partial charge in [0.1, 0.15) is 12.0 Å². The molecule has 0 spiro atoms. The van der Waals surface area contributed by atoms with E-state index < -0.39 is 0 Å². The van der Waals surface area contributed by atoms with Crippen molar-refractivity contribution in [1.29, 1.82) is 0 Å². The number of piperazine rings is 1. The van der Waals surface area contributed by atoms with Gasteiger partial charge in [0.2, 0.25) is 5.88 Å². The van der Waals surface area contributed by atoms with Crippen molar-refractivity contribution in [3.63, 3.8) is 0 Å². The van der Waals surface area contributed by atoms with Crippen molar-refractivity contribution >= 4 is 5.91 Å². The highest BCUT2D eigenvalue weighted by atomic mass is 16.5. The van der Waals surface area contributed by atoms with Gasteiger partial charge in [-0.15, -0.1) is 0 Å². The zero-order valence-corrected chi connectivity index (χ0v) is 15.1. The van der Waals surface area contributed by atoms with E-state index in [4.69, 9.17) is 4.74 Å². The number of aromatic nitrogens is 2. The van der Waals surface area contributed by atoms with Crippen molar-refractivity contribution in [2.45, 2.75) is 43.8 Å². The summed E-state index contributed by atoms with van der Waals surface area (Å²) in [4.78, 5) is 27.8. The predicted molar refractivity (Wildman–Crippen MR) is 93.7 cm³/mol. The van der Waals surface area contributed by atoms with Crippen LogP contribution >= 0.6 is 0 Å². The van der Waals surface area contributed by atoms with E-state index in [0.29, 0.717) is 17.6 Å². The average molecular weight is 345 g/mol. The normalized spacial score (nSPS) is 30.5. The highest BCUT2D eigenvalue weighted by Crippen LogP contribution is 2.36. The highest BCUT2D eigenvalue weighted by Gasteiger charge is 2.41. The fourth-order valence-corrected chi connectivity index (χ4v) is 4.70. The van der Waals surface area contributed by atoms with E-state index in [1.54, 1.807) is 13.2 Å². The first-order valence-electron chi connectivity index (χ1n) is 9.27. The van der Waals surface area contributed by atoms with Gasteiger partial charge in [0.15, 0.2) is 0 Å². The largest absolute Gasteiger partial charge is 0.481 e. The Hall–Kier alpha value is -1.73. The minimum atomic E-state index is -0.0243. The summed E-state index contributed by atoms with van der Waals surface area (Å²) in [6.45, 7) is 3.46. The third kappa shape index (κ3) is 3.22. The summed E-state index contributed by atoms with van der Waals surface area (Å²) in [5.41, 5.74) is 0.414. The summed E-state index contributed by atoms with van der Waals surface area (Å²) in [6.07, 6.45) is 6.65. The Labute approximate surface area is 149 Å². The molecule has 7 heteroatoms. The molecule has 3 aliphatic heterocycles. The molecule has 2 unspecified atom stereocenters. The Morgan fingerprint density at radius 2 is 1.76 bits per heavy atom. The van der Waals surface area contributed by atoms with Crippen molar-refractivity contribution in [1.82, 2.24) is 24.7 Å². The quantitative estimate of drug-likeness (QED) is 0.810. The molecule has 2 bridgehead atoms. The molecule has 1 aromatic heterocycles. The zero-order chi connectivity index (χ0) is 17.4. The Balaban J connectivity index is 1.34. The maximum Gasteiger partial charge on any atom is 0.272 e. The molecular weight excluding hydrogens is 318 g/mol. The van der Waals surface area contributed by atoms with Gasteiger partial charge < -0.3 is 14.5 Å². The number of carbonyl (C=O) groups excluding carboxylic acids is 1. The molecule has 25 heavy (non-hydrogen) atoms. The molecule has 0 aromatic carbocycles. The molecule has 0 saturated carbocycles. The number of amides is 1. The lowest BCUT2D eigenvalue weighted by Crippen LogP contribution is -2.55. The maximum atomic E-state index is 12.7. The SMILES string of the molecule is COc1cc(C(=O)N2CCN(C3CC4CCC(C3)N4C)CC2)ncn1. The fraction of sp³-hybridized carbons (Fsp3) is 0.722. The first-order valence-corrected chi connectivity index (χ1v) is 9.27. The molecule has 7 nitrogen and oxygen atoms in total. The molecule has 136 valence electrons. The Kier molecular flexibility index (Phi) is 4.60. The number of ether oxygens (including phenoxy) is 1. The van der Waals surface area contributed by atoms with Gasteiger partial charge in [0, 0.05) is 50.4 Å². The van der Waals surface area contributed by atoms with E-state index in [0.717, 1.165) is 38.3 Å². The molecule has 0 aliphatic carbocycles. The van der Waals surface area contributed by atoms with E-state index in [9.17, 15) is 4.79 Å². The van der Waals surface area contributed by atoms with Gasteiger partial charge in [-0.2, -0.15) is 0 Å². The van der Waals surface area contributed by atoms with Gasteiger partial charge in [0.25, 0.3) is 5.91 Å². The molecule has 1 amide bonds. The molecule has 0 N–H and O–H groups in total. The van der Waals surface area contributed by atoms with Gasteiger partial charge in [-0.3, -0.25) is 9.69 Å². The van der Waals surface area contributed by atoms with E-state index >= 15 is 0 Å². The first kappa shape index (κ1) is 16.7. The topological polar surface area (TPSA) is 61.8 Å². The Morgan fingerprint density at radius 1 is 1.08 bits per heavy atom. The summed E-state index contributed by atoms with van der Waals surface area (Å²) in [6, 6.07) is 3.82. The van der Waals surface area contributed by atoms with Crippen LogP contribution in [0.15, 0.2) is 12.4 Å². The minimum absolute atomic E-state index is 0.0243. The van der Waals surface area contributed by atoms with Crippen LogP contribution in [0.2, 0.25) is 0 Å². The summed E-state index contributed by atoms with van der Waals surface area (Å²) >= 11 is 0. The van der Waals surface area contributed by atoms with Crippen LogP contribution in [0.5, 0.6) is 5.88 Å². The monoisotopic (exact) mass is 345 g/mol. The summed E-state index contributed by atoms with van der Waals surface area (Å²) in [5.74, 6) is 0.405. The van der Waals surface area contributed by atoms with Gasteiger partial charge in [-0.05, 0) is 32.7 Å². The van der Waals surface area contributed by atoms with Gasteiger partial charge in [-0.25, -0.2) is 9.97 Å². The van der Waals surface area contributed by atoms with Crippen LogP contribution in [0.1, 0.15) is 36.2 Å². The third-order valence-corrected chi connectivity index (χ3v) is 6.26. The van der Waals surface area contributed by atoms with Crippen LogP contribution in [0, 0.1) is 0 Å². The lowest BCUT2D eigenvalue weighted by Gasteiger charge is -2.44. The lowest BCUT2D eigenvalue weighted by atomic mass is 9.96. The second-order valence-corrected chi connectivity index (χ2v) is 7.45. The van der Waals surface area contributed by atoms with Gasteiger partial charge >= 0.3 is 0 Å². The van der Waals surface area contributed by atoms with Gasteiger partial charge in [0.05, 0.1) is 7.11 Å². The van der Waals surface area contributed by atoms with E-state index in [-0.39, 0.29) is 5.91 Å². The van der Waals surface area contributed by atoms with Crippen molar-refractivity contribution in [3.8, 4) is 5.88 Å². The van der Waals surface area contributed by atoms with Crippen LogP contribution < -0.4 is 4.74 Å². The summed E-state index contributed by atoms with van der Waals surface area (Å²) < 4.78 is 5.09. The van der Waals surface area contributed by atoms with Crippen molar-refractivity contribution in [3.05, 3.63) is 18.1 Å².